The Kier molecular flexibility index (Phi) is 2.90. The van der Waals surface area contributed by atoms with Gasteiger partial charge in [0.05, 0.1) is 0 Å². The molecule has 0 amide bonds. The number of para-hydroxylation sites is 2. The molecule has 0 N–H and O–H groups in total. The minimum atomic E-state index is -1.27. The molecule has 0 radical (unpaired) electrons. The molecule has 84 valence electrons. The standard InChI is InChI=1S/C12H13NO3/c1-2-3-8-13-9-6-4-5-7-10(9)16-11(13)12(14)15/h4-7H,2-3,8H2,1H3. The predicted octanol–water partition coefficient (Wildman–Crippen LogP) is 0.884. The van der Waals surface area contributed by atoms with E-state index in [0.29, 0.717) is 12.1 Å². The van der Waals surface area contributed by atoms with Gasteiger partial charge in [-0.15, -0.1) is 0 Å². The number of oxazole rings is 1. The van der Waals surface area contributed by atoms with Crippen molar-refractivity contribution in [3.8, 4) is 0 Å². The van der Waals surface area contributed by atoms with Gasteiger partial charge in [0.15, 0.2) is 12.5 Å². The monoisotopic (exact) mass is 219 g/mol. The molecule has 0 bridgehead atoms. The van der Waals surface area contributed by atoms with Crippen molar-refractivity contribution in [2.24, 2.45) is 0 Å². The number of unbranched alkanes of at least 4 members (excludes halogenated alkanes) is 1. The number of aryl methyl sites for hydroxylation is 1. The summed E-state index contributed by atoms with van der Waals surface area (Å²) < 4.78 is 6.92. The lowest BCUT2D eigenvalue weighted by Crippen LogP contribution is -2.42. The number of nitrogens with zero attached hydrogens (tertiary/aromatic N) is 1. The summed E-state index contributed by atoms with van der Waals surface area (Å²) >= 11 is 0. The molecule has 2 aromatic rings. The molecule has 16 heavy (non-hydrogen) atoms. The lowest BCUT2D eigenvalue weighted by atomic mass is 10.3. The summed E-state index contributed by atoms with van der Waals surface area (Å²) in [5.41, 5.74) is 1.38. The summed E-state index contributed by atoms with van der Waals surface area (Å²) in [4.78, 5) is 10.9. The molecule has 0 atom stereocenters. The fourth-order valence-corrected chi connectivity index (χ4v) is 1.73. The van der Waals surface area contributed by atoms with E-state index in [1.807, 2.05) is 18.2 Å². The number of carboxylic acid groups (broad SMARTS) is 1. The Balaban J connectivity index is 2.55. The first-order chi connectivity index (χ1) is 7.74. The van der Waals surface area contributed by atoms with E-state index in [4.69, 9.17) is 4.42 Å². The lowest BCUT2D eigenvalue weighted by molar-refractivity contribution is -0.681. The molecule has 0 aliphatic carbocycles. The first kappa shape index (κ1) is 10.7. The van der Waals surface area contributed by atoms with Crippen LogP contribution in [0.15, 0.2) is 28.7 Å². The van der Waals surface area contributed by atoms with Crippen LogP contribution in [-0.4, -0.2) is 5.97 Å². The molecule has 4 nitrogen and oxygen atoms in total. The average Bonchev–Trinajstić information content (AvgIpc) is 2.65. The van der Waals surface area contributed by atoms with Crippen molar-refractivity contribution >= 4 is 17.1 Å². The fraction of sp³-hybridized carbons (Fsp3) is 0.333. The van der Waals surface area contributed by atoms with Gasteiger partial charge >= 0.3 is 5.89 Å². The molecule has 4 heteroatoms. The normalized spacial score (nSPS) is 10.8. The molecule has 0 fully saturated rings. The molecule has 2 rings (SSSR count). The Morgan fingerprint density at radius 2 is 2.19 bits per heavy atom. The van der Waals surface area contributed by atoms with Crippen molar-refractivity contribution in [3.05, 3.63) is 30.2 Å². The highest BCUT2D eigenvalue weighted by Crippen LogP contribution is 2.13. The van der Waals surface area contributed by atoms with Crippen molar-refractivity contribution in [1.29, 1.82) is 0 Å². The number of benzene rings is 1. The second-order valence-corrected chi connectivity index (χ2v) is 3.67. The minimum Gasteiger partial charge on any atom is -0.537 e. The molecular weight excluding hydrogens is 206 g/mol. The molecule has 0 spiro atoms. The largest absolute Gasteiger partial charge is 0.537 e. The van der Waals surface area contributed by atoms with Crippen LogP contribution < -0.4 is 9.67 Å². The maximum absolute atomic E-state index is 10.9. The van der Waals surface area contributed by atoms with Crippen molar-refractivity contribution in [2.45, 2.75) is 26.3 Å². The Bertz CT molecular complexity index is 516. The molecule has 1 heterocycles. The number of carbonyl (C=O) groups is 1. The third-order valence-corrected chi connectivity index (χ3v) is 2.52. The van der Waals surface area contributed by atoms with Gasteiger partial charge in [0, 0.05) is 12.5 Å². The Morgan fingerprint density at radius 3 is 2.88 bits per heavy atom. The van der Waals surface area contributed by atoms with Crippen LogP contribution in [0.25, 0.3) is 11.1 Å². The van der Waals surface area contributed by atoms with Crippen molar-refractivity contribution in [3.63, 3.8) is 0 Å². The van der Waals surface area contributed by atoms with Crippen LogP contribution in [0.5, 0.6) is 0 Å². The van der Waals surface area contributed by atoms with Gasteiger partial charge in [-0.05, 0) is 6.07 Å². The second-order valence-electron chi connectivity index (χ2n) is 3.67. The van der Waals surface area contributed by atoms with Gasteiger partial charge in [0.25, 0.3) is 5.52 Å². The van der Waals surface area contributed by atoms with E-state index in [-0.39, 0.29) is 5.89 Å². The third-order valence-electron chi connectivity index (χ3n) is 2.52. The second kappa shape index (κ2) is 4.35. The number of aromatic nitrogens is 1. The zero-order chi connectivity index (χ0) is 11.5. The zero-order valence-corrected chi connectivity index (χ0v) is 9.10. The van der Waals surface area contributed by atoms with E-state index in [9.17, 15) is 9.90 Å². The number of fused-ring (bicyclic) bond motifs is 1. The highest BCUT2D eigenvalue weighted by molar-refractivity contribution is 5.81. The zero-order valence-electron chi connectivity index (χ0n) is 9.10. The summed E-state index contributed by atoms with van der Waals surface area (Å²) in [7, 11) is 0. The summed E-state index contributed by atoms with van der Waals surface area (Å²) in [5, 5.41) is 10.9. The van der Waals surface area contributed by atoms with Crippen LogP contribution in [0.1, 0.15) is 30.5 Å². The van der Waals surface area contributed by atoms with Gasteiger partial charge in [-0.3, -0.25) is 0 Å². The molecular formula is C12H13NO3. The molecule has 0 saturated heterocycles. The smallest absolute Gasteiger partial charge is 0.397 e. The van der Waals surface area contributed by atoms with Crippen LogP contribution in [0.4, 0.5) is 0 Å². The van der Waals surface area contributed by atoms with E-state index < -0.39 is 5.97 Å². The van der Waals surface area contributed by atoms with Crippen molar-refractivity contribution in [1.82, 2.24) is 0 Å². The summed E-state index contributed by atoms with van der Waals surface area (Å²) in [6, 6.07) is 7.28. The summed E-state index contributed by atoms with van der Waals surface area (Å²) in [6.45, 7) is 2.69. The quantitative estimate of drug-likeness (QED) is 0.717. The van der Waals surface area contributed by atoms with Gasteiger partial charge in [-0.2, -0.15) is 4.57 Å². The first-order valence-corrected chi connectivity index (χ1v) is 5.36. The number of rotatable bonds is 4. The first-order valence-electron chi connectivity index (χ1n) is 5.36. The van der Waals surface area contributed by atoms with Gasteiger partial charge in [-0.1, -0.05) is 25.5 Å². The van der Waals surface area contributed by atoms with Crippen LogP contribution in [0.3, 0.4) is 0 Å². The molecule has 0 aliphatic rings. The number of aromatic carboxylic acids is 1. The SMILES string of the molecule is CCCC[n+]1c(C(=O)[O-])oc2ccccc21. The Labute approximate surface area is 93.1 Å². The predicted molar refractivity (Wildman–Crippen MR) is 55.6 cm³/mol. The number of carbonyl (C=O) groups excluding carboxylic acids is 1. The molecule has 1 aromatic heterocycles. The van der Waals surface area contributed by atoms with Gasteiger partial charge in [-0.25, -0.2) is 0 Å². The molecule has 1 aromatic carbocycles. The molecule has 0 saturated carbocycles. The van der Waals surface area contributed by atoms with E-state index in [1.165, 1.54) is 0 Å². The maximum atomic E-state index is 10.9. The number of carboxylic acids is 1. The van der Waals surface area contributed by atoms with Gasteiger partial charge in [0.2, 0.25) is 5.58 Å². The highest BCUT2D eigenvalue weighted by atomic mass is 16.4. The van der Waals surface area contributed by atoms with Crippen LogP contribution in [0.2, 0.25) is 0 Å². The maximum Gasteiger partial charge on any atom is 0.397 e. The topological polar surface area (TPSA) is 57.1 Å². The number of hydrogen-bond acceptors (Lipinski definition) is 3. The Morgan fingerprint density at radius 1 is 1.44 bits per heavy atom. The third kappa shape index (κ3) is 1.78. The van der Waals surface area contributed by atoms with E-state index in [2.05, 4.69) is 6.92 Å². The fourth-order valence-electron chi connectivity index (χ4n) is 1.73. The van der Waals surface area contributed by atoms with Crippen LogP contribution in [0, 0.1) is 0 Å². The summed E-state index contributed by atoms with van der Waals surface area (Å²) in [5.74, 6) is -1.37. The van der Waals surface area contributed by atoms with Gasteiger partial charge < -0.3 is 14.3 Å². The van der Waals surface area contributed by atoms with Crippen LogP contribution in [-0.2, 0) is 6.54 Å². The van der Waals surface area contributed by atoms with Crippen molar-refractivity contribution in [2.75, 3.05) is 0 Å². The number of hydrogen-bond donors (Lipinski definition) is 0. The summed E-state index contributed by atoms with van der Waals surface area (Å²) in [6.07, 6.45) is 1.91. The minimum absolute atomic E-state index is 0.102. The van der Waals surface area contributed by atoms with Crippen LogP contribution >= 0.6 is 0 Å². The Hall–Kier alpha value is -1.84. The molecule has 0 unspecified atom stereocenters. The lowest BCUT2D eigenvalue weighted by Gasteiger charge is -1.96. The van der Waals surface area contributed by atoms with E-state index >= 15 is 0 Å². The van der Waals surface area contributed by atoms with Crippen molar-refractivity contribution < 1.29 is 18.9 Å². The van der Waals surface area contributed by atoms with Gasteiger partial charge in [0.1, 0.15) is 0 Å². The van der Waals surface area contributed by atoms with E-state index in [0.717, 1.165) is 18.4 Å². The molecule has 0 aliphatic heterocycles. The van der Waals surface area contributed by atoms with E-state index in [1.54, 1.807) is 10.6 Å². The highest BCUT2D eigenvalue weighted by Gasteiger charge is 2.22. The average molecular weight is 219 g/mol.